The van der Waals surface area contributed by atoms with Crippen LogP contribution in [-0.2, 0) is 0 Å². The maximum atomic E-state index is 10.3. The van der Waals surface area contributed by atoms with Crippen molar-refractivity contribution < 1.29 is 5.11 Å². The summed E-state index contributed by atoms with van der Waals surface area (Å²) in [6.45, 7) is 5.07. The summed E-state index contributed by atoms with van der Waals surface area (Å²) in [4.78, 5) is 0. The third kappa shape index (κ3) is 4.32. The number of rotatable bonds is 5. The third-order valence-electron chi connectivity index (χ3n) is 4.25. The van der Waals surface area contributed by atoms with E-state index in [2.05, 4.69) is 37.4 Å². The first-order valence-corrected chi connectivity index (χ1v) is 7.65. The number of aliphatic hydroxyl groups is 1. The molecule has 1 atom stereocenters. The lowest BCUT2D eigenvalue weighted by Gasteiger charge is -2.23. The summed E-state index contributed by atoms with van der Waals surface area (Å²) in [5, 5.41) is 13.9. The maximum absolute atomic E-state index is 10.3. The molecule has 1 unspecified atom stereocenters. The van der Waals surface area contributed by atoms with Crippen LogP contribution in [0.15, 0.2) is 18.2 Å². The van der Waals surface area contributed by atoms with Crippen LogP contribution in [0.3, 0.4) is 0 Å². The van der Waals surface area contributed by atoms with Crippen LogP contribution in [0.2, 0.25) is 0 Å². The molecule has 2 rings (SSSR count). The van der Waals surface area contributed by atoms with E-state index in [1.54, 1.807) is 0 Å². The summed E-state index contributed by atoms with van der Waals surface area (Å²) < 4.78 is 0. The second kappa shape index (κ2) is 7.06. The van der Waals surface area contributed by atoms with E-state index in [1.165, 1.54) is 43.2 Å². The lowest BCUT2D eigenvalue weighted by Crippen LogP contribution is -2.32. The second-order valence-electron chi connectivity index (χ2n) is 5.95. The zero-order valence-electron chi connectivity index (χ0n) is 12.3. The fourth-order valence-corrected chi connectivity index (χ4v) is 3.01. The van der Waals surface area contributed by atoms with Gasteiger partial charge in [-0.25, -0.2) is 0 Å². The molecule has 2 heteroatoms. The predicted octanol–water partition coefficient (Wildman–Crippen LogP) is 3.65. The normalized spacial score (nSPS) is 18.5. The van der Waals surface area contributed by atoms with Gasteiger partial charge in [-0.15, -0.1) is 0 Å². The number of hydrogen-bond donors (Lipinski definition) is 2. The van der Waals surface area contributed by atoms with Crippen molar-refractivity contribution in [3.8, 4) is 0 Å². The van der Waals surface area contributed by atoms with Crippen molar-refractivity contribution in [3.63, 3.8) is 0 Å². The largest absolute Gasteiger partial charge is 0.388 e. The average molecular weight is 261 g/mol. The minimum absolute atomic E-state index is 0.337. The number of aryl methyl sites for hydroxylation is 2. The highest BCUT2D eigenvalue weighted by atomic mass is 16.3. The Labute approximate surface area is 117 Å². The van der Waals surface area contributed by atoms with Gasteiger partial charge in [-0.2, -0.15) is 0 Å². The van der Waals surface area contributed by atoms with Crippen molar-refractivity contribution >= 4 is 0 Å². The van der Waals surface area contributed by atoms with Crippen LogP contribution < -0.4 is 5.32 Å². The van der Waals surface area contributed by atoms with Gasteiger partial charge in [-0.3, -0.25) is 0 Å². The summed E-state index contributed by atoms with van der Waals surface area (Å²) in [6.07, 6.45) is 7.19. The zero-order valence-corrected chi connectivity index (χ0v) is 12.3. The number of hydrogen-bond acceptors (Lipinski definition) is 2. The first-order chi connectivity index (χ1) is 9.16. The first kappa shape index (κ1) is 14.5. The van der Waals surface area contributed by atoms with Gasteiger partial charge in [-0.1, -0.05) is 43.0 Å². The molecular formula is C17H27NO. The van der Waals surface area contributed by atoms with E-state index in [0.717, 1.165) is 18.5 Å². The topological polar surface area (TPSA) is 32.3 Å². The summed E-state index contributed by atoms with van der Waals surface area (Å²) >= 11 is 0. The molecular weight excluding hydrogens is 234 g/mol. The molecule has 0 bridgehead atoms. The average Bonchev–Trinajstić information content (AvgIpc) is 2.42. The van der Waals surface area contributed by atoms with Gasteiger partial charge in [0, 0.05) is 6.04 Å². The van der Waals surface area contributed by atoms with Gasteiger partial charge < -0.3 is 10.4 Å². The van der Waals surface area contributed by atoms with Crippen molar-refractivity contribution in [2.45, 2.75) is 64.5 Å². The molecule has 1 saturated carbocycles. The summed E-state index contributed by atoms with van der Waals surface area (Å²) in [5.74, 6) is 0. The minimum atomic E-state index is -0.337. The van der Waals surface area contributed by atoms with Crippen molar-refractivity contribution in [1.82, 2.24) is 5.32 Å². The maximum Gasteiger partial charge on any atom is 0.0804 e. The minimum Gasteiger partial charge on any atom is -0.388 e. The molecule has 1 aromatic carbocycles. The molecule has 0 aromatic heterocycles. The summed E-state index contributed by atoms with van der Waals surface area (Å²) in [5.41, 5.74) is 3.50. The molecule has 0 saturated heterocycles. The van der Waals surface area contributed by atoms with E-state index in [-0.39, 0.29) is 6.10 Å². The van der Waals surface area contributed by atoms with Gasteiger partial charge in [0.15, 0.2) is 0 Å². The molecule has 0 radical (unpaired) electrons. The van der Waals surface area contributed by atoms with Crippen LogP contribution in [0.5, 0.6) is 0 Å². The molecule has 1 aliphatic rings. The van der Waals surface area contributed by atoms with E-state index >= 15 is 0 Å². The summed E-state index contributed by atoms with van der Waals surface area (Å²) in [6, 6.07) is 6.99. The molecule has 0 amide bonds. The van der Waals surface area contributed by atoms with Gasteiger partial charge in [0.1, 0.15) is 0 Å². The summed E-state index contributed by atoms with van der Waals surface area (Å²) in [7, 11) is 0. The Bertz CT molecular complexity index is 396. The van der Waals surface area contributed by atoms with Crippen LogP contribution in [0.4, 0.5) is 0 Å². The Morgan fingerprint density at radius 3 is 2.68 bits per heavy atom. The van der Waals surface area contributed by atoms with Crippen molar-refractivity contribution in [1.29, 1.82) is 0 Å². The molecule has 1 aliphatic carbocycles. The van der Waals surface area contributed by atoms with E-state index in [0.29, 0.717) is 6.04 Å². The highest BCUT2D eigenvalue weighted by Crippen LogP contribution is 2.22. The van der Waals surface area contributed by atoms with Crippen LogP contribution in [-0.4, -0.2) is 17.7 Å². The fraction of sp³-hybridized carbons (Fsp3) is 0.647. The Morgan fingerprint density at radius 2 is 1.95 bits per heavy atom. The zero-order chi connectivity index (χ0) is 13.7. The SMILES string of the molecule is Cc1ccc(C)c(C(O)CCNC2CCCCC2)c1. The standard InChI is InChI=1S/C17H27NO/c1-13-8-9-14(2)16(12-13)17(19)10-11-18-15-6-4-3-5-7-15/h8-9,12,15,17-19H,3-7,10-11H2,1-2H3. The Morgan fingerprint density at radius 1 is 1.21 bits per heavy atom. The quantitative estimate of drug-likeness (QED) is 0.848. The van der Waals surface area contributed by atoms with Crippen molar-refractivity contribution in [2.24, 2.45) is 0 Å². The molecule has 0 aliphatic heterocycles. The van der Waals surface area contributed by atoms with Gasteiger partial charge >= 0.3 is 0 Å². The Kier molecular flexibility index (Phi) is 5.41. The Balaban J connectivity index is 1.80. The van der Waals surface area contributed by atoms with E-state index in [1.807, 2.05) is 0 Å². The predicted molar refractivity (Wildman–Crippen MR) is 80.4 cm³/mol. The molecule has 2 N–H and O–H groups in total. The van der Waals surface area contributed by atoms with Gasteiger partial charge in [-0.05, 0) is 50.8 Å². The number of benzene rings is 1. The molecule has 0 heterocycles. The molecule has 2 nitrogen and oxygen atoms in total. The van der Waals surface area contributed by atoms with Crippen LogP contribution >= 0.6 is 0 Å². The lowest BCUT2D eigenvalue weighted by atomic mass is 9.95. The highest BCUT2D eigenvalue weighted by Gasteiger charge is 2.14. The van der Waals surface area contributed by atoms with Gasteiger partial charge in [0.2, 0.25) is 0 Å². The molecule has 1 aromatic rings. The molecule has 0 spiro atoms. The number of nitrogens with one attached hydrogen (secondary N) is 1. The first-order valence-electron chi connectivity index (χ1n) is 7.65. The monoisotopic (exact) mass is 261 g/mol. The smallest absolute Gasteiger partial charge is 0.0804 e. The third-order valence-corrected chi connectivity index (χ3v) is 4.25. The fourth-order valence-electron chi connectivity index (χ4n) is 3.01. The van der Waals surface area contributed by atoms with Crippen LogP contribution in [0.25, 0.3) is 0 Å². The van der Waals surface area contributed by atoms with Gasteiger partial charge in [0.05, 0.1) is 6.10 Å². The van der Waals surface area contributed by atoms with E-state index in [9.17, 15) is 5.11 Å². The lowest BCUT2D eigenvalue weighted by molar-refractivity contribution is 0.163. The number of aliphatic hydroxyl groups excluding tert-OH is 1. The second-order valence-corrected chi connectivity index (χ2v) is 5.95. The van der Waals surface area contributed by atoms with Crippen LogP contribution in [0, 0.1) is 13.8 Å². The molecule has 1 fully saturated rings. The van der Waals surface area contributed by atoms with Gasteiger partial charge in [0.25, 0.3) is 0 Å². The van der Waals surface area contributed by atoms with E-state index in [4.69, 9.17) is 0 Å². The highest BCUT2D eigenvalue weighted by molar-refractivity contribution is 5.32. The van der Waals surface area contributed by atoms with Crippen molar-refractivity contribution in [3.05, 3.63) is 34.9 Å². The van der Waals surface area contributed by atoms with Crippen molar-refractivity contribution in [2.75, 3.05) is 6.54 Å². The van der Waals surface area contributed by atoms with Crippen LogP contribution in [0.1, 0.15) is 61.3 Å². The van der Waals surface area contributed by atoms with E-state index < -0.39 is 0 Å². The molecule has 19 heavy (non-hydrogen) atoms. The molecule has 106 valence electrons. The Hall–Kier alpha value is -0.860.